The van der Waals surface area contributed by atoms with Gasteiger partial charge >= 0.3 is 0 Å². The molecular weight excluding hydrogens is 344 g/mol. The van der Waals surface area contributed by atoms with Crippen LogP contribution in [0.25, 0.3) is 11.0 Å². The summed E-state index contributed by atoms with van der Waals surface area (Å²) in [5.41, 5.74) is 2.11. The lowest BCUT2D eigenvalue weighted by Gasteiger charge is -2.33. The van der Waals surface area contributed by atoms with E-state index >= 15 is 0 Å². The lowest BCUT2D eigenvalue weighted by Crippen LogP contribution is -2.41. The second-order valence-electron chi connectivity index (χ2n) is 6.83. The molecule has 1 aliphatic rings. The van der Waals surface area contributed by atoms with Gasteiger partial charge in [0.2, 0.25) is 5.91 Å². The normalized spacial score (nSPS) is 17.2. The number of fused-ring (bicyclic) bond motifs is 1. The van der Waals surface area contributed by atoms with Gasteiger partial charge in [0.25, 0.3) is 5.91 Å². The van der Waals surface area contributed by atoms with Crippen LogP contribution in [-0.4, -0.2) is 46.6 Å². The average Bonchev–Trinajstić information content (AvgIpc) is 3.35. The fourth-order valence-electron chi connectivity index (χ4n) is 3.63. The van der Waals surface area contributed by atoms with Gasteiger partial charge in [-0.25, -0.2) is 0 Å². The summed E-state index contributed by atoms with van der Waals surface area (Å²) in [6.45, 7) is 1.35. The Morgan fingerprint density at radius 2 is 2.15 bits per heavy atom. The molecular formula is C20H22N4O3. The van der Waals surface area contributed by atoms with Crippen molar-refractivity contribution in [2.24, 2.45) is 0 Å². The Balaban J connectivity index is 1.45. The first kappa shape index (κ1) is 17.3. The molecule has 1 N–H and O–H groups in total. The van der Waals surface area contributed by atoms with Crippen LogP contribution < -0.4 is 5.32 Å². The number of hydrogen-bond acceptors (Lipinski definition) is 4. The number of carbonyl (C=O) groups excluding carboxylic acids is 2. The number of aromatic nitrogens is 2. The SMILES string of the molecule is CNC(=O)c1ccn([C@H]2CCCN(C(=O)Cc3coc4ccccc34)C2)n1. The third-order valence-electron chi connectivity index (χ3n) is 5.09. The molecule has 1 aliphatic heterocycles. The predicted octanol–water partition coefficient (Wildman–Crippen LogP) is 2.40. The van der Waals surface area contributed by atoms with Gasteiger partial charge in [-0.3, -0.25) is 14.3 Å². The van der Waals surface area contributed by atoms with Gasteiger partial charge in [0, 0.05) is 37.3 Å². The van der Waals surface area contributed by atoms with Gasteiger partial charge in [0.05, 0.1) is 18.7 Å². The number of nitrogens with zero attached hydrogens (tertiary/aromatic N) is 3. The topological polar surface area (TPSA) is 80.4 Å². The van der Waals surface area contributed by atoms with E-state index in [4.69, 9.17) is 4.42 Å². The van der Waals surface area contributed by atoms with E-state index in [2.05, 4.69) is 10.4 Å². The minimum atomic E-state index is -0.204. The minimum absolute atomic E-state index is 0.0854. The van der Waals surface area contributed by atoms with Crippen LogP contribution in [0.1, 0.15) is 34.9 Å². The van der Waals surface area contributed by atoms with Crippen LogP contribution >= 0.6 is 0 Å². The molecule has 3 heterocycles. The number of amides is 2. The van der Waals surface area contributed by atoms with Gasteiger partial charge in [-0.1, -0.05) is 18.2 Å². The number of benzene rings is 1. The van der Waals surface area contributed by atoms with Crippen molar-refractivity contribution in [2.75, 3.05) is 20.1 Å². The van der Waals surface area contributed by atoms with E-state index in [1.807, 2.05) is 35.4 Å². The zero-order valence-electron chi connectivity index (χ0n) is 15.2. The second-order valence-corrected chi connectivity index (χ2v) is 6.83. The maximum absolute atomic E-state index is 12.8. The largest absolute Gasteiger partial charge is 0.464 e. The smallest absolute Gasteiger partial charge is 0.271 e. The maximum atomic E-state index is 12.8. The van der Waals surface area contributed by atoms with Gasteiger partial charge in [-0.2, -0.15) is 5.10 Å². The van der Waals surface area contributed by atoms with E-state index in [0.29, 0.717) is 18.7 Å². The molecule has 27 heavy (non-hydrogen) atoms. The predicted molar refractivity (Wildman–Crippen MR) is 100 cm³/mol. The van der Waals surface area contributed by atoms with Gasteiger partial charge in [0.1, 0.15) is 11.3 Å². The van der Waals surface area contributed by atoms with Crippen LogP contribution in [0.3, 0.4) is 0 Å². The first-order valence-electron chi connectivity index (χ1n) is 9.16. The molecule has 0 saturated carbocycles. The highest BCUT2D eigenvalue weighted by Crippen LogP contribution is 2.24. The van der Waals surface area contributed by atoms with E-state index in [0.717, 1.165) is 35.9 Å². The zero-order chi connectivity index (χ0) is 18.8. The Kier molecular flexibility index (Phi) is 4.66. The van der Waals surface area contributed by atoms with Crippen molar-refractivity contribution < 1.29 is 14.0 Å². The maximum Gasteiger partial charge on any atom is 0.271 e. The number of piperidine rings is 1. The molecule has 0 bridgehead atoms. The molecule has 0 spiro atoms. The summed E-state index contributed by atoms with van der Waals surface area (Å²) in [6.07, 6.45) is 5.66. The van der Waals surface area contributed by atoms with Crippen molar-refractivity contribution in [2.45, 2.75) is 25.3 Å². The van der Waals surface area contributed by atoms with Crippen LogP contribution in [0.4, 0.5) is 0 Å². The van der Waals surface area contributed by atoms with Crippen molar-refractivity contribution in [3.05, 3.63) is 54.0 Å². The molecule has 4 rings (SSSR count). The Labute approximate surface area is 156 Å². The van der Waals surface area contributed by atoms with Crippen LogP contribution in [0.5, 0.6) is 0 Å². The molecule has 2 aromatic heterocycles. The van der Waals surface area contributed by atoms with Crippen LogP contribution in [-0.2, 0) is 11.2 Å². The van der Waals surface area contributed by atoms with Crippen molar-refractivity contribution in [3.63, 3.8) is 0 Å². The molecule has 7 nitrogen and oxygen atoms in total. The summed E-state index contributed by atoms with van der Waals surface area (Å²) in [6, 6.07) is 9.54. The van der Waals surface area contributed by atoms with Gasteiger partial charge < -0.3 is 14.6 Å². The van der Waals surface area contributed by atoms with Crippen molar-refractivity contribution in [1.82, 2.24) is 20.0 Å². The van der Waals surface area contributed by atoms with Gasteiger partial charge in [-0.05, 0) is 25.0 Å². The molecule has 0 radical (unpaired) electrons. The fraction of sp³-hybridized carbons (Fsp3) is 0.350. The van der Waals surface area contributed by atoms with E-state index in [-0.39, 0.29) is 17.9 Å². The molecule has 1 aromatic carbocycles. The summed E-state index contributed by atoms with van der Waals surface area (Å²) in [7, 11) is 1.59. The highest BCUT2D eigenvalue weighted by Gasteiger charge is 2.26. The van der Waals surface area contributed by atoms with Gasteiger partial charge in [-0.15, -0.1) is 0 Å². The molecule has 2 amide bonds. The highest BCUT2D eigenvalue weighted by molar-refractivity contribution is 5.91. The van der Waals surface area contributed by atoms with Crippen molar-refractivity contribution in [3.8, 4) is 0 Å². The number of hydrogen-bond donors (Lipinski definition) is 1. The lowest BCUT2D eigenvalue weighted by molar-refractivity contribution is -0.132. The molecule has 1 saturated heterocycles. The standard InChI is InChI=1S/C20H22N4O3/c1-21-20(26)17-8-10-24(22-17)15-5-4-9-23(12-15)19(25)11-14-13-27-18-7-3-2-6-16(14)18/h2-3,6-8,10,13,15H,4-5,9,11-12H2,1H3,(H,21,26)/t15-/m0/s1. The number of likely N-dealkylation sites (tertiary alicyclic amines) is 1. The molecule has 1 atom stereocenters. The number of nitrogens with one attached hydrogen (secondary N) is 1. The number of rotatable bonds is 4. The second kappa shape index (κ2) is 7.26. The molecule has 140 valence electrons. The number of para-hydroxylation sites is 1. The van der Waals surface area contributed by atoms with Crippen LogP contribution in [0, 0.1) is 0 Å². The summed E-state index contributed by atoms with van der Waals surface area (Å²) in [5, 5.41) is 7.93. The molecule has 0 aliphatic carbocycles. The Bertz CT molecular complexity index is 974. The summed E-state index contributed by atoms with van der Waals surface area (Å²) in [5.74, 6) is -0.116. The van der Waals surface area contributed by atoms with E-state index in [1.54, 1.807) is 24.1 Å². The summed E-state index contributed by atoms with van der Waals surface area (Å²) < 4.78 is 7.34. The monoisotopic (exact) mass is 366 g/mol. The first-order valence-corrected chi connectivity index (χ1v) is 9.16. The summed E-state index contributed by atoms with van der Waals surface area (Å²) in [4.78, 5) is 26.4. The van der Waals surface area contributed by atoms with Crippen LogP contribution in [0.15, 0.2) is 47.2 Å². The molecule has 0 unspecified atom stereocenters. The Morgan fingerprint density at radius 3 is 3.00 bits per heavy atom. The quantitative estimate of drug-likeness (QED) is 0.769. The average molecular weight is 366 g/mol. The number of furan rings is 1. The first-order chi connectivity index (χ1) is 13.2. The van der Waals surface area contributed by atoms with E-state index in [1.165, 1.54) is 0 Å². The van der Waals surface area contributed by atoms with E-state index < -0.39 is 0 Å². The van der Waals surface area contributed by atoms with Crippen LogP contribution in [0.2, 0.25) is 0 Å². The Morgan fingerprint density at radius 1 is 1.30 bits per heavy atom. The Hall–Kier alpha value is -3.09. The summed E-state index contributed by atoms with van der Waals surface area (Å²) >= 11 is 0. The molecule has 1 fully saturated rings. The minimum Gasteiger partial charge on any atom is -0.464 e. The van der Waals surface area contributed by atoms with Crippen molar-refractivity contribution in [1.29, 1.82) is 0 Å². The highest BCUT2D eigenvalue weighted by atomic mass is 16.3. The van der Waals surface area contributed by atoms with Crippen molar-refractivity contribution >= 4 is 22.8 Å². The third kappa shape index (κ3) is 3.45. The zero-order valence-corrected chi connectivity index (χ0v) is 15.2. The third-order valence-corrected chi connectivity index (χ3v) is 5.09. The fourth-order valence-corrected chi connectivity index (χ4v) is 3.63. The molecule has 7 heteroatoms. The number of carbonyl (C=O) groups is 2. The van der Waals surface area contributed by atoms with E-state index in [9.17, 15) is 9.59 Å². The molecule has 3 aromatic rings. The lowest BCUT2D eigenvalue weighted by atomic mass is 10.0. The van der Waals surface area contributed by atoms with Gasteiger partial charge in [0.15, 0.2) is 0 Å².